The molecule has 0 radical (unpaired) electrons. The van der Waals surface area contributed by atoms with Crippen LogP contribution in [0.25, 0.3) is 66.1 Å². The number of benzene rings is 6. The van der Waals surface area contributed by atoms with Gasteiger partial charge in [0.05, 0.1) is 27.8 Å². The van der Waals surface area contributed by atoms with Gasteiger partial charge in [0.15, 0.2) is 11.5 Å². The molecule has 3 nitrogen and oxygen atoms in total. The zero-order valence-electron chi connectivity index (χ0n) is 22.8. The van der Waals surface area contributed by atoms with Gasteiger partial charge < -0.3 is 13.9 Å². The Labute approximate surface area is 237 Å². The molecule has 1 aliphatic heterocycles. The number of fused-ring (bicyclic) bond motifs is 8. The molecule has 0 aliphatic carbocycles. The number of rotatable bonds is 2. The Morgan fingerprint density at radius 3 is 1.88 bits per heavy atom. The molecule has 8 aromatic rings. The van der Waals surface area contributed by atoms with E-state index in [9.17, 15) is 0 Å². The minimum absolute atomic E-state index is 0.881. The first-order chi connectivity index (χ1) is 20.1. The highest BCUT2D eigenvalue weighted by molar-refractivity contribution is 6.13. The van der Waals surface area contributed by atoms with E-state index in [2.05, 4.69) is 138 Å². The van der Waals surface area contributed by atoms with Crippen molar-refractivity contribution in [3.8, 4) is 34.0 Å². The standard InChI is InChI=1S/C38H26N2O/c1-23-11-17-33-29(19-23)30-20-24(2)12-18-34(30)39(33)27-15-13-25(14-16-27)26-21-31-28-7-3-4-8-32(28)40-35-9-5-6-10-36(35)41-37(22-26)38(31)40/h3-22H,1-2H3. The van der Waals surface area contributed by atoms with Crippen LogP contribution in [-0.4, -0.2) is 9.13 Å². The van der Waals surface area contributed by atoms with Crippen LogP contribution < -0.4 is 4.74 Å². The van der Waals surface area contributed by atoms with Gasteiger partial charge >= 0.3 is 0 Å². The summed E-state index contributed by atoms with van der Waals surface area (Å²) < 4.78 is 11.2. The zero-order valence-corrected chi connectivity index (χ0v) is 22.8. The predicted octanol–water partition coefficient (Wildman–Crippen LogP) is 10.3. The van der Waals surface area contributed by atoms with Gasteiger partial charge in [-0.05, 0) is 91.7 Å². The summed E-state index contributed by atoms with van der Waals surface area (Å²) in [5, 5.41) is 5.04. The van der Waals surface area contributed by atoms with Crippen molar-refractivity contribution in [2.75, 3.05) is 0 Å². The fourth-order valence-corrected chi connectivity index (χ4v) is 6.73. The molecule has 0 amide bonds. The second kappa shape index (κ2) is 8.12. The molecule has 0 fully saturated rings. The quantitative estimate of drug-likeness (QED) is 0.219. The van der Waals surface area contributed by atoms with Crippen LogP contribution in [0.4, 0.5) is 0 Å². The first-order valence-electron chi connectivity index (χ1n) is 14.1. The smallest absolute Gasteiger partial charge is 0.152 e. The van der Waals surface area contributed by atoms with Crippen LogP contribution in [0, 0.1) is 13.8 Å². The fraction of sp³-hybridized carbons (Fsp3) is 0.0526. The molecule has 194 valence electrons. The Morgan fingerprint density at radius 2 is 1.12 bits per heavy atom. The SMILES string of the molecule is Cc1ccc2c(c1)c1cc(C)ccc1n2-c1ccc(-c2cc3c4c(c2)c2ccccc2n4-c2ccccc2O3)cc1. The van der Waals surface area contributed by atoms with Crippen LogP contribution in [0.15, 0.2) is 121 Å². The summed E-state index contributed by atoms with van der Waals surface area (Å²) >= 11 is 0. The second-order valence-corrected chi connectivity index (χ2v) is 11.2. The van der Waals surface area contributed by atoms with Crippen LogP contribution in [0.3, 0.4) is 0 Å². The van der Waals surface area contributed by atoms with Gasteiger partial charge in [0, 0.05) is 27.2 Å². The molecule has 0 N–H and O–H groups in total. The number of hydrogen-bond donors (Lipinski definition) is 0. The molecular weight excluding hydrogens is 500 g/mol. The number of aromatic nitrogens is 2. The highest BCUT2D eigenvalue weighted by Crippen LogP contribution is 2.47. The number of ether oxygens (including phenoxy) is 1. The number of para-hydroxylation sites is 3. The van der Waals surface area contributed by atoms with Crippen LogP contribution in [-0.2, 0) is 0 Å². The summed E-state index contributed by atoms with van der Waals surface area (Å²) in [6, 6.07) is 43.9. The van der Waals surface area contributed by atoms with Gasteiger partial charge in [0.2, 0.25) is 0 Å². The molecule has 0 bridgehead atoms. The van der Waals surface area contributed by atoms with Crippen molar-refractivity contribution < 1.29 is 4.74 Å². The van der Waals surface area contributed by atoms with E-state index in [-0.39, 0.29) is 0 Å². The fourth-order valence-electron chi connectivity index (χ4n) is 6.73. The lowest BCUT2D eigenvalue weighted by Crippen LogP contribution is -2.03. The molecule has 41 heavy (non-hydrogen) atoms. The number of nitrogens with zero attached hydrogens (tertiary/aromatic N) is 2. The largest absolute Gasteiger partial charge is 0.453 e. The Kier molecular flexibility index (Phi) is 4.46. The number of hydrogen-bond acceptors (Lipinski definition) is 1. The minimum atomic E-state index is 0.881. The minimum Gasteiger partial charge on any atom is -0.453 e. The molecule has 1 aliphatic rings. The predicted molar refractivity (Wildman–Crippen MR) is 170 cm³/mol. The van der Waals surface area contributed by atoms with Crippen molar-refractivity contribution in [2.24, 2.45) is 0 Å². The van der Waals surface area contributed by atoms with Crippen LogP contribution >= 0.6 is 0 Å². The molecule has 9 rings (SSSR count). The lowest BCUT2D eigenvalue weighted by Gasteiger charge is -2.21. The molecule has 0 saturated carbocycles. The van der Waals surface area contributed by atoms with Crippen LogP contribution in [0.5, 0.6) is 11.5 Å². The highest BCUT2D eigenvalue weighted by atomic mass is 16.5. The molecule has 3 heteroatoms. The monoisotopic (exact) mass is 526 g/mol. The first-order valence-corrected chi connectivity index (χ1v) is 14.1. The van der Waals surface area contributed by atoms with Crippen LogP contribution in [0.2, 0.25) is 0 Å². The summed E-state index contributed by atoms with van der Waals surface area (Å²) in [4.78, 5) is 0. The second-order valence-electron chi connectivity index (χ2n) is 11.2. The average molecular weight is 527 g/mol. The summed E-state index contributed by atoms with van der Waals surface area (Å²) in [6.07, 6.45) is 0. The van der Waals surface area contributed by atoms with Crippen molar-refractivity contribution in [1.29, 1.82) is 0 Å². The maximum Gasteiger partial charge on any atom is 0.152 e. The molecular formula is C38H26N2O. The van der Waals surface area contributed by atoms with Gasteiger partial charge in [0.25, 0.3) is 0 Å². The van der Waals surface area contributed by atoms with E-state index in [1.165, 1.54) is 54.8 Å². The molecule has 0 spiro atoms. The Hall–Kier alpha value is -5.28. The van der Waals surface area contributed by atoms with E-state index >= 15 is 0 Å². The van der Waals surface area contributed by atoms with Crippen molar-refractivity contribution >= 4 is 43.6 Å². The molecule has 6 aromatic carbocycles. The third-order valence-corrected chi connectivity index (χ3v) is 8.59. The third kappa shape index (κ3) is 3.14. The Bertz CT molecular complexity index is 2290. The van der Waals surface area contributed by atoms with Gasteiger partial charge in [-0.25, -0.2) is 0 Å². The van der Waals surface area contributed by atoms with E-state index in [1.54, 1.807) is 0 Å². The van der Waals surface area contributed by atoms with E-state index in [4.69, 9.17) is 4.74 Å². The van der Waals surface area contributed by atoms with Gasteiger partial charge in [-0.1, -0.05) is 65.7 Å². The summed E-state index contributed by atoms with van der Waals surface area (Å²) in [5.41, 5.74) is 11.9. The lowest BCUT2D eigenvalue weighted by molar-refractivity contribution is 0.476. The Balaban J connectivity index is 1.23. The number of aryl methyl sites for hydroxylation is 2. The summed E-state index contributed by atoms with van der Waals surface area (Å²) in [6.45, 7) is 4.33. The topological polar surface area (TPSA) is 19.1 Å². The van der Waals surface area contributed by atoms with Crippen molar-refractivity contribution in [3.63, 3.8) is 0 Å². The van der Waals surface area contributed by atoms with Crippen molar-refractivity contribution in [3.05, 3.63) is 132 Å². The molecule has 0 unspecified atom stereocenters. The molecule has 3 heterocycles. The summed E-state index contributed by atoms with van der Waals surface area (Å²) in [7, 11) is 0. The van der Waals surface area contributed by atoms with Gasteiger partial charge in [-0.3, -0.25) is 0 Å². The molecule has 0 saturated heterocycles. The summed E-state index contributed by atoms with van der Waals surface area (Å²) in [5.74, 6) is 1.77. The van der Waals surface area contributed by atoms with E-state index in [0.717, 1.165) is 34.0 Å². The highest BCUT2D eigenvalue weighted by Gasteiger charge is 2.24. The molecule has 2 aromatic heterocycles. The average Bonchev–Trinajstić information content (AvgIpc) is 3.50. The maximum absolute atomic E-state index is 6.51. The maximum atomic E-state index is 6.51. The van der Waals surface area contributed by atoms with Gasteiger partial charge in [-0.15, -0.1) is 0 Å². The van der Waals surface area contributed by atoms with Crippen molar-refractivity contribution in [1.82, 2.24) is 9.13 Å². The third-order valence-electron chi connectivity index (χ3n) is 8.59. The molecule has 0 atom stereocenters. The zero-order chi connectivity index (χ0) is 27.2. The Morgan fingerprint density at radius 1 is 0.463 bits per heavy atom. The van der Waals surface area contributed by atoms with E-state index in [0.29, 0.717) is 0 Å². The van der Waals surface area contributed by atoms with Gasteiger partial charge in [0.1, 0.15) is 0 Å². The van der Waals surface area contributed by atoms with Crippen molar-refractivity contribution in [2.45, 2.75) is 13.8 Å². The van der Waals surface area contributed by atoms with E-state index < -0.39 is 0 Å². The van der Waals surface area contributed by atoms with Gasteiger partial charge in [-0.2, -0.15) is 0 Å². The van der Waals surface area contributed by atoms with Crippen LogP contribution in [0.1, 0.15) is 11.1 Å². The normalized spacial score (nSPS) is 12.3. The van der Waals surface area contributed by atoms with E-state index in [1.807, 2.05) is 6.07 Å². The first kappa shape index (κ1) is 22.5. The lowest BCUT2D eigenvalue weighted by atomic mass is 10.0.